The Labute approximate surface area is 115 Å². The van der Waals surface area contributed by atoms with E-state index in [1.807, 2.05) is 13.8 Å². The predicted molar refractivity (Wildman–Crippen MR) is 67.8 cm³/mol. The van der Waals surface area contributed by atoms with Gasteiger partial charge >= 0.3 is 12.3 Å². The van der Waals surface area contributed by atoms with Gasteiger partial charge in [-0.2, -0.15) is 0 Å². The molecule has 0 bridgehead atoms. The fourth-order valence-corrected chi connectivity index (χ4v) is 1.23. The van der Waals surface area contributed by atoms with Gasteiger partial charge in [-0.1, -0.05) is 26.0 Å². The highest BCUT2D eigenvalue weighted by Gasteiger charge is 2.27. The van der Waals surface area contributed by atoms with E-state index in [9.17, 15) is 9.59 Å². The number of benzene rings is 1. The molecule has 0 spiro atoms. The lowest BCUT2D eigenvalue weighted by molar-refractivity contribution is -0.0445. The Morgan fingerprint density at radius 1 is 1.25 bits per heavy atom. The van der Waals surface area contributed by atoms with Crippen molar-refractivity contribution in [3.05, 3.63) is 24.3 Å². The molecule has 0 unspecified atom stereocenters. The molecule has 0 aromatic heterocycles. The summed E-state index contributed by atoms with van der Waals surface area (Å²) in [6.07, 6.45) is -1.99. The monoisotopic (exact) mass is 284 g/mol. The first-order valence-corrected chi connectivity index (χ1v) is 5.78. The molecule has 1 aromatic carbocycles. The van der Waals surface area contributed by atoms with Crippen molar-refractivity contribution in [3.8, 4) is 11.5 Å². The summed E-state index contributed by atoms with van der Waals surface area (Å²) in [6, 6.07) is 5.85. The number of ether oxygens (including phenoxy) is 3. The molecule has 1 fully saturated rings. The Morgan fingerprint density at radius 2 is 1.80 bits per heavy atom. The van der Waals surface area contributed by atoms with Crippen LogP contribution in [-0.2, 0) is 9.47 Å². The highest BCUT2D eigenvalue weighted by atomic mass is 16.7. The first kappa shape index (κ1) is 15.6. The minimum atomic E-state index is -1.44. The number of aromatic hydroxyl groups is 1. The van der Waals surface area contributed by atoms with E-state index in [1.165, 1.54) is 12.1 Å². The van der Waals surface area contributed by atoms with E-state index in [1.54, 1.807) is 12.1 Å². The fraction of sp³-hybridized carbons (Fsp3) is 0.385. The van der Waals surface area contributed by atoms with Gasteiger partial charge in [-0.25, -0.2) is 9.59 Å². The first-order valence-electron chi connectivity index (χ1n) is 5.78. The number of carbonyl (C=O) groups is 2. The molecular weight excluding hydrogens is 268 g/mol. The van der Waals surface area contributed by atoms with Gasteiger partial charge in [0.2, 0.25) is 0 Å². The van der Waals surface area contributed by atoms with E-state index >= 15 is 0 Å². The van der Waals surface area contributed by atoms with E-state index in [0.717, 1.165) is 0 Å². The summed E-state index contributed by atoms with van der Waals surface area (Å²) >= 11 is 0. The Kier molecular flexibility index (Phi) is 5.19. The average Bonchev–Trinajstić information content (AvgIpc) is 2.36. The number of rotatable bonds is 1. The van der Waals surface area contributed by atoms with Gasteiger partial charge in [0, 0.05) is 5.41 Å². The van der Waals surface area contributed by atoms with Crippen molar-refractivity contribution in [2.75, 3.05) is 13.2 Å². The second-order valence-corrected chi connectivity index (χ2v) is 4.83. The molecule has 2 rings (SSSR count). The van der Waals surface area contributed by atoms with Crippen LogP contribution >= 0.6 is 0 Å². The second kappa shape index (κ2) is 6.65. The van der Waals surface area contributed by atoms with Crippen molar-refractivity contribution in [2.45, 2.75) is 13.8 Å². The van der Waals surface area contributed by atoms with Gasteiger partial charge in [0.1, 0.15) is 13.2 Å². The molecule has 7 nitrogen and oxygen atoms in total. The summed E-state index contributed by atoms with van der Waals surface area (Å²) in [6.45, 7) is 4.90. The Hall–Kier alpha value is -2.44. The van der Waals surface area contributed by atoms with Gasteiger partial charge in [-0.15, -0.1) is 0 Å². The van der Waals surface area contributed by atoms with Gasteiger partial charge in [0.15, 0.2) is 11.5 Å². The molecule has 1 aliphatic heterocycles. The third kappa shape index (κ3) is 5.47. The van der Waals surface area contributed by atoms with Gasteiger partial charge < -0.3 is 24.4 Å². The molecule has 110 valence electrons. The summed E-state index contributed by atoms with van der Waals surface area (Å²) in [5.74, 6) is -0.241. The number of carboxylic acid groups (broad SMARTS) is 1. The Bertz CT molecular complexity index is 469. The van der Waals surface area contributed by atoms with Crippen LogP contribution in [0.2, 0.25) is 0 Å². The van der Waals surface area contributed by atoms with Crippen LogP contribution in [0, 0.1) is 5.41 Å². The van der Waals surface area contributed by atoms with E-state index < -0.39 is 12.3 Å². The van der Waals surface area contributed by atoms with Crippen LogP contribution in [0.5, 0.6) is 11.5 Å². The summed E-state index contributed by atoms with van der Waals surface area (Å²) in [5, 5.41) is 17.1. The van der Waals surface area contributed by atoms with Crippen LogP contribution in [0.15, 0.2) is 24.3 Å². The van der Waals surface area contributed by atoms with Crippen molar-refractivity contribution in [3.63, 3.8) is 0 Å². The number of carbonyl (C=O) groups excluding carboxylic acids is 1. The van der Waals surface area contributed by atoms with Gasteiger partial charge in [0.05, 0.1) is 0 Å². The second-order valence-electron chi connectivity index (χ2n) is 4.83. The van der Waals surface area contributed by atoms with Gasteiger partial charge in [-0.3, -0.25) is 0 Å². The molecule has 0 aliphatic carbocycles. The van der Waals surface area contributed by atoms with Crippen LogP contribution < -0.4 is 4.74 Å². The largest absolute Gasteiger partial charge is 0.511 e. The number of hydrogen-bond acceptors (Lipinski definition) is 6. The quantitative estimate of drug-likeness (QED) is 0.603. The maximum Gasteiger partial charge on any atom is 0.511 e. The van der Waals surface area contributed by atoms with E-state index in [0.29, 0.717) is 13.2 Å². The molecule has 1 saturated heterocycles. The van der Waals surface area contributed by atoms with Gasteiger partial charge in [0.25, 0.3) is 0 Å². The standard InChI is InChI=1S/C7H6O4.C6H10O3/c8-5-3-1-2-4-6(5)11-7(9)10;1-6(2)3-8-5(7)9-4-6/h1-4,8H,(H,9,10);3-4H2,1-2H3. The smallest absolute Gasteiger partial charge is 0.504 e. The maximum atomic E-state index is 10.3. The number of phenolic OH excluding ortho intramolecular Hbond substituents is 1. The molecule has 1 heterocycles. The Morgan fingerprint density at radius 3 is 2.25 bits per heavy atom. The zero-order chi connectivity index (χ0) is 15.2. The minimum Gasteiger partial charge on any atom is -0.504 e. The molecule has 0 atom stereocenters. The lowest BCUT2D eigenvalue weighted by Gasteiger charge is -2.27. The Balaban J connectivity index is 0.000000204. The molecule has 0 amide bonds. The highest BCUT2D eigenvalue weighted by Crippen LogP contribution is 2.24. The molecule has 0 saturated carbocycles. The summed E-state index contributed by atoms with van der Waals surface area (Å²) in [5.41, 5.74) is -0.00604. The summed E-state index contributed by atoms with van der Waals surface area (Å²) in [4.78, 5) is 20.3. The maximum absolute atomic E-state index is 10.3. The van der Waals surface area contributed by atoms with E-state index in [-0.39, 0.29) is 16.9 Å². The van der Waals surface area contributed by atoms with Crippen molar-refractivity contribution in [1.82, 2.24) is 0 Å². The van der Waals surface area contributed by atoms with Crippen LogP contribution in [0.3, 0.4) is 0 Å². The summed E-state index contributed by atoms with van der Waals surface area (Å²) in [7, 11) is 0. The highest BCUT2D eigenvalue weighted by molar-refractivity contribution is 5.62. The van der Waals surface area contributed by atoms with Gasteiger partial charge in [-0.05, 0) is 12.1 Å². The number of hydrogen-bond donors (Lipinski definition) is 2. The van der Waals surface area contributed by atoms with Crippen molar-refractivity contribution < 1.29 is 34.0 Å². The van der Waals surface area contributed by atoms with Crippen molar-refractivity contribution in [2.24, 2.45) is 5.41 Å². The number of cyclic esters (lactones) is 2. The number of phenols is 1. The van der Waals surface area contributed by atoms with Crippen LogP contribution in [0.25, 0.3) is 0 Å². The molecule has 7 heteroatoms. The zero-order valence-corrected chi connectivity index (χ0v) is 11.2. The molecule has 2 N–H and O–H groups in total. The predicted octanol–water partition coefficient (Wildman–Crippen LogP) is 2.63. The molecule has 1 aromatic rings. The molecule has 1 aliphatic rings. The summed E-state index contributed by atoms with van der Waals surface area (Å²) < 4.78 is 13.5. The SMILES string of the molecule is CC1(C)COC(=O)OC1.O=C(O)Oc1ccccc1O. The topological polar surface area (TPSA) is 102 Å². The van der Waals surface area contributed by atoms with Crippen molar-refractivity contribution >= 4 is 12.3 Å². The van der Waals surface area contributed by atoms with Crippen LogP contribution in [0.1, 0.15) is 13.8 Å². The molecule has 0 radical (unpaired) electrons. The fourth-order valence-electron chi connectivity index (χ4n) is 1.23. The third-order valence-corrected chi connectivity index (χ3v) is 2.22. The zero-order valence-electron chi connectivity index (χ0n) is 11.2. The average molecular weight is 284 g/mol. The third-order valence-electron chi connectivity index (χ3n) is 2.22. The van der Waals surface area contributed by atoms with Crippen LogP contribution in [-0.4, -0.2) is 35.7 Å². The molecule has 20 heavy (non-hydrogen) atoms. The minimum absolute atomic E-state index is 0.00604. The van der Waals surface area contributed by atoms with E-state index in [4.69, 9.17) is 10.2 Å². The van der Waals surface area contributed by atoms with Crippen molar-refractivity contribution in [1.29, 1.82) is 0 Å². The van der Waals surface area contributed by atoms with E-state index in [2.05, 4.69) is 14.2 Å². The van der Waals surface area contributed by atoms with Crippen LogP contribution in [0.4, 0.5) is 9.59 Å². The normalized spacial score (nSPS) is 16.0. The molecular formula is C13H16O7. The lowest BCUT2D eigenvalue weighted by atomic mass is 9.96. The lowest BCUT2D eigenvalue weighted by Crippen LogP contribution is -2.34. The first-order chi connectivity index (χ1) is 9.30. The number of para-hydroxylation sites is 2.